The lowest BCUT2D eigenvalue weighted by Crippen LogP contribution is -2.32. The SMILES string of the molecule is CC(C(=O)O)n1c(Br)nn(CC2CCOCC2)c1=O. The van der Waals surface area contributed by atoms with Crippen molar-refractivity contribution in [3.63, 3.8) is 0 Å². The van der Waals surface area contributed by atoms with E-state index in [-0.39, 0.29) is 4.73 Å². The molecule has 106 valence electrons. The first-order valence-electron chi connectivity index (χ1n) is 6.16. The van der Waals surface area contributed by atoms with Crippen LogP contribution in [0.2, 0.25) is 0 Å². The van der Waals surface area contributed by atoms with Crippen molar-refractivity contribution in [1.82, 2.24) is 14.3 Å². The highest BCUT2D eigenvalue weighted by Gasteiger charge is 2.23. The Labute approximate surface area is 118 Å². The number of ether oxygens (including phenoxy) is 1. The van der Waals surface area contributed by atoms with Crippen LogP contribution in [0.5, 0.6) is 0 Å². The molecule has 1 aromatic rings. The molecule has 1 unspecified atom stereocenters. The van der Waals surface area contributed by atoms with E-state index in [0.29, 0.717) is 25.7 Å². The van der Waals surface area contributed by atoms with Crippen LogP contribution in [0, 0.1) is 5.92 Å². The van der Waals surface area contributed by atoms with E-state index in [9.17, 15) is 9.59 Å². The lowest BCUT2D eigenvalue weighted by atomic mass is 10.0. The molecule has 2 heterocycles. The van der Waals surface area contributed by atoms with Crippen LogP contribution in [0.25, 0.3) is 0 Å². The van der Waals surface area contributed by atoms with Crippen LogP contribution in [0.4, 0.5) is 0 Å². The summed E-state index contributed by atoms with van der Waals surface area (Å²) in [4.78, 5) is 23.1. The summed E-state index contributed by atoms with van der Waals surface area (Å²) in [6, 6.07) is -0.940. The molecule has 7 nitrogen and oxygen atoms in total. The number of carboxylic acids is 1. The molecule has 1 aromatic heterocycles. The maximum Gasteiger partial charge on any atom is 0.347 e. The van der Waals surface area contributed by atoms with Crippen molar-refractivity contribution >= 4 is 21.9 Å². The predicted octanol–water partition coefficient (Wildman–Crippen LogP) is 0.880. The molecule has 19 heavy (non-hydrogen) atoms. The maximum absolute atomic E-state index is 12.1. The van der Waals surface area contributed by atoms with Crippen molar-refractivity contribution in [1.29, 1.82) is 0 Å². The molecule has 0 amide bonds. The zero-order valence-electron chi connectivity index (χ0n) is 10.6. The number of hydrogen-bond acceptors (Lipinski definition) is 4. The van der Waals surface area contributed by atoms with Gasteiger partial charge in [0, 0.05) is 19.8 Å². The van der Waals surface area contributed by atoms with E-state index < -0.39 is 17.7 Å². The molecule has 1 aliphatic heterocycles. The highest BCUT2D eigenvalue weighted by atomic mass is 79.9. The average Bonchev–Trinajstić information content (AvgIpc) is 2.65. The summed E-state index contributed by atoms with van der Waals surface area (Å²) in [6.07, 6.45) is 1.79. The Bertz CT molecular complexity index is 519. The molecule has 8 heteroatoms. The quantitative estimate of drug-likeness (QED) is 0.883. The number of nitrogens with zero attached hydrogens (tertiary/aromatic N) is 3. The summed E-state index contributed by atoms with van der Waals surface area (Å²) in [5.41, 5.74) is -0.395. The predicted molar refractivity (Wildman–Crippen MR) is 70.1 cm³/mol. The van der Waals surface area contributed by atoms with E-state index in [1.807, 2.05) is 0 Å². The van der Waals surface area contributed by atoms with Gasteiger partial charge in [0.1, 0.15) is 6.04 Å². The summed E-state index contributed by atoms with van der Waals surface area (Å²) in [7, 11) is 0. The molecule has 0 saturated carbocycles. The summed E-state index contributed by atoms with van der Waals surface area (Å²) in [5.74, 6) is -0.713. The minimum absolute atomic E-state index is 0.249. The molecule has 0 bridgehead atoms. The second kappa shape index (κ2) is 5.87. The zero-order valence-corrected chi connectivity index (χ0v) is 12.2. The van der Waals surface area contributed by atoms with E-state index in [2.05, 4.69) is 21.0 Å². The van der Waals surface area contributed by atoms with E-state index in [1.165, 1.54) is 11.6 Å². The van der Waals surface area contributed by atoms with Crippen molar-refractivity contribution in [2.45, 2.75) is 32.4 Å². The minimum atomic E-state index is -1.06. The summed E-state index contributed by atoms with van der Waals surface area (Å²) < 4.78 is 7.99. The summed E-state index contributed by atoms with van der Waals surface area (Å²) in [6.45, 7) is 3.36. The molecule has 1 saturated heterocycles. The van der Waals surface area contributed by atoms with Gasteiger partial charge in [0.15, 0.2) is 0 Å². The molecule has 1 N–H and O–H groups in total. The molecule has 1 fully saturated rings. The van der Waals surface area contributed by atoms with Gasteiger partial charge in [-0.3, -0.25) is 4.57 Å². The number of hydrogen-bond donors (Lipinski definition) is 1. The number of carbonyl (C=O) groups is 1. The maximum atomic E-state index is 12.1. The van der Waals surface area contributed by atoms with Gasteiger partial charge in [0.25, 0.3) is 0 Å². The fraction of sp³-hybridized carbons (Fsp3) is 0.727. The molecule has 1 atom stereocenters. The van der Waals surface area contributed by atoms with Gasteiger partial charge in [-0.25, -0.2) is 14.3 Å². The molecular formula is C11H16BrN3O4. The fourth-order valence-electron chi connectivity index (χ4n) is 2.12. The monoisotopic (exact) mass is 333 g/mol. The molecule has 0 aliphatic carbocycles. The van der Waals surface area contributed by atoms with E-state index in [4.69, 9.17) is 9.84 Å². The normalized spacial score (nSPS) is 18.4. The Kier molecular flexibility index (Phi) is 4.41. The summed E-state index contributed by atoms with van der Waals surface area (Å²) in [5, 5.41) is 13.1. The molecular weight excluding hydrogens is 318 g/mol. The van der Waals surface area contributed by atoms with Crippen LogP contribution in [0.1, 0.15) is 25.8 Å². The number of aliphatic carboxylic acids is 1. The van der Waals surface area contributed by atoms with Crippen molar-refractivity contribution in [2.24, 2.45) is 5.92 Å². The number of carboxylic acid groups (broad SMARTS) is 1. The lowest BCUT2D eigenvalue weighted by Gasteiger charge is -2.21. The van der Waals surface area contributed by atoms with E-state index in [1.54, 1.807) is 0 Å². The van der Waals surface area contributed by atoms with Crippen LogP contribution in [0.3, 0.4) is 0 Å². The third kappa shape index (κ3) is 3.06. The van der Waals surface area contributed by atoms with Gasteiger partial charge in [0.2, 0.25) is 4.73 Å². The van der Waals surface area contributed by atoms with Gasteiger partial charge in [0.05, 0.1) is 0 Å². The van der Waals surface area contributed by atoms with Crippen molar-refractivity contribution in [3.05, 3.63) is 15.2 Å². The highest BCUT2D eigenvalue weighted by molar-refractivity contribution is 9.10. The molecule has 2 rings (SSSR count). The lowest BCUT2D eigenvalue weighted by molar-refractivity contribution is -0.140. The van der Waals surface area contributed by atoms with Gasteiger partial charge >= 0.3 is 11.7 Å². The number of rotatable bonds is 4. The first kappa shape index (κ1) is 14.3. The zero-order chi connectivity index (χ0) is 14.0. The fourth-order valence-corrected chi connectivity index (χ4v) is 2.77. The molecule has 0 radical (unpaired) electrons. The largest absolute Gasteiger partial charge is 0.480 e. The smallest absolute Gasteiger partial charge is 0.347 e. The molecule has 0 spiro atoms. The standard InChI is InChI=1S/C11H16BrN3O4/c1-7(9(16)17)15-10(12)13-14(11(15)18)6-8-2-4-19-5-3-8/h7-8H,2-6H2,1H3,(H,16,17). The average molecular weight is 334 g/mol. The first-order chi connectivity index (χ1) is 9.00. The van der Waals surface area contributed by atoms with Crippen LogP contribution in [-0.2, 0) is 16.1 Å². The topological polar surface area (TPSA) is 86.3 Å². The molecule has 1 aliphatic rings. The Morgan fingerprint density at radius 1 is 1.58 bits per heavy atom. The Morgan fingerprint density at radius 2 is 2.21 bits per heavy atom. The van der Waals surface area contributed by atoms with Gasteiger partial charge in [-0.15, -0.1) is 5.10 Å². The highest BCUT2D eigenvalue weighted by Crippen LogP contribution is 2.17. The first-order valence-corrected chi connectivity index (χ1v) is 6.95. The van der Waals surface area contributed by atoms with Crippen LogP contribution in [0.15, 0.2) is 9.53 Å². The Hall–Kier alpha value is -1.15. The van der Waals surface area contributed by atoms with Gasteiger partial charge in [-0.05, 0) is 41.6 Å². The van der Waals surface area contributed by atoms with E-state index >= 15 is 0 Å². The molecule has 0 aromatic carbocycles. The Morgan fingerprint density at radius 3 is 2.79 bits per heavy atom. The number of halogens is 1. The Balaban J connectivity index is 2.21. The van der Waals surface area contributed by atoms with Crippen molar-refractivity contribution in [3.8, 4) is 0 Å². The second-order valence-electron chi connectivity index (χ2n) is 4.67. The summed E-state index contributed by atoms with van der Waals surface area (Å²) >= 11 is 3.14. The van der Waals surface area contributed by atoms with Gasteiger partial charge in [-0.2, -0.15) is 0 Å². The van der Waals surface area contributed by atoms with E-state index in [0.717, 1.165) is 17.4 Å². The van der Waals surface area contributed by atoms with Crippen LogP contribution in [-0.4, -0.2) is 38.6 Å². The number of aromatic nitrogens is 3. The van der Waals surface area contributed by atoms with Gasteiger partial charge < -0.3 is 9.84 Å². The third-order valence-electron chi connectivity index (χ3n) is 3.35. The minimum Gasteiger partial charge on any atom is -0.480 e. The van der Waals surface area contributed by atoms with Crippen molar-refractivity contribution in [2.75, 3.05) is 13.2 Å². The third-order valence-corrected chi connectivity index (χ3v) is 3.89. The second-order valence-corrected chi connectivity index (χ2v) is 5.38. The van der Waals surface area contributed by atoms with Crippen molar-refractivity contribution < 1.29 is 14.6 Å². The van der Waals surface area contributed by atoms with Crippen LogP contribution < -0.4 is 5.69 Å². The van der Waals surface area contributed by atoms with Crippen LogP contribution >= 0.6 is 15.9 Å². The van der Waals surface area contributed by atoms with Gasteiger partial charge in [-0.1, -0.05) is 0 Å².